The third-order valence-corrected chi connectivity index (χ3v) is 2.00. The maximum Gasteiger partial charge on any atom is 0.244 e. The Bertz CT molecular complexity index is 234. The summed E-state index contributed by atoms with van der Waals surface area (Å²) in [5.74, 6) is 1.10. The van der Waals surface area contributed by atoms with E-state index in [9.17, 15) is 4.79 Å². The zero-order valence-corrected chi connectivity index (χ0v) is 10.4. The molecule has 4 heteroatoms. The highest BCUT2D eigenvalue weighted by Gasteiger charge is 2.12. The number of nitrogens with one attached hydrogen (secondary N) is 1. The van der Waals surface area contributed by atoms with Crippen LogP contribution in [-0.2, 0) is 4.79 Å². The first-order chi connectivity index (χ1) is 6.84. The molecule has 88 valence electrons. The fourth-order valence-electron chi connectivity index (χ4n) is 0.884. The van der Waals surface area contributed by atoms with Crippen molar-refractivity contribution in [3.63, 3.8) is 0 Å². The van der Waals surface area contributed by atoms with E-state index in [0.717, 1.165) is 0 Å². The predicted molar refractivity (Wildman–Crippen MR) is 63.8 cm³/mol. The number of hydrogen-bond donors (Lipinski definition) is 2. The van der Waals surface area contributed by atoms with E-state index in [4.69, 9.17) is 5.73 Å². The molecule has 0 aromatic rings. The largest absolute Gasteiger partial charge is 0.387 e. The summed E-state index contributed by atoms with van der Waals surface area (Å²) in [4.78, 5) is 15.7. The topological polar surface area (TPSA) is 67.5 Å². The van der Waals surface area contributed by atoms with Crippen molar-refractivity contribution in [3.05, 3.63) is 0 Å². The van der Waals surface area contributed by atoms with Gasteiger partial charge in [-0.1, -0.05) is 27.7 Å². The highest BCUT2D eigenvalue weighted by Crippen LogP contribution is 1.97. The van der Waals surface area contributed by atoms with E-state index < -0.39 is 6.04 Å². The molecular formula is C11H23N3O. The predicted octanol–water partition coefficient (Wildman–Crippen LogP) is 1.16. The summed E-state index contributed by atoms with van der Waals surface area (Å²) in [5, 5.41) is 2.82. The summed E-state index contributed by atoms with van der Waals surface area (Å²) in [5.41, 5.74) is 5.68. The van der Waals surface area contributed by atoms with Crippen molar-refractivity contribution in [1.82, 2.24) is 5.32 Å². The lowest BCUT2D eigenvalue weighted by Crippen LogP contribution is -2.35. The molecule has 0 heterocycles. The number of rotatable bonds is 5. The molecule has 1 atom stereocenters. The van der Waals surface area contributed by atoms with Gasteiger partial charge in [-0.05, 0) is 12.8 Å². The first-order valence-corrected chi connectivity index (χ1v) is 5.45. The van der Waals surface area contributed by atoms with Gasteiger partial charge in [0.1, 0.15) is 6.04 Å². The Hall–Kier alpha value is -1.06. The van der Waals surface area contributed by atoms with E-state index in [0.29, 0.717) is 18.3 Å². The van der Waals surface area contributed by atoms with Gasteiger partial charge in [-0.3, -0.25) is 9.79 Å². The van der Waals surface area contributed by atoms with Gasteiger partial charge in [0.25, 0.3) is 0 Å². The minimum atomic E-state index is -0.397. The third kappa shape index (κ3) is 6.10. The van der Waals surface area contributed by atoms with Crippen LogP contribution in [0.1, 0.15) is 34.6 Å². The Morgan fingerprint density at radius 3 is 2.20 bits per heavy atom. The molecule has 3 N–H and O–H groups in total. The Balaban J connectivity index is 4.15. The van der Waals surface area contributed by atoms with Gasteiger partial charge in [0, 0.05) is 12.5 Å². The molecule has 0 saturated heterocycles. The molecule has 1 amide bonds. The molecule has 15 heavy (non-hydrogen) atoms. The lowest BCUT2D eigenvalue weighted by Gasteiger charge is -2.12. The highest BCUT2D eigenvalue weighted by molar-refractivity contribution is 5.88. The minimum Gasteiger partial charge on any atom is -0.387 e. The van der Waals surface area contributed by atoms with Gasteiger partial charge < -0.3 is 11.1 Å². The zero-order valence-electron chi connectivity index (χ0n) is 10.4. The lowest BCUT2D eigenvalue weighted by atomic mass is 10.2. The average Bonchev–Trinajstić information content (AvgIpc) is 2.13. The Morgan fingerprint density at radius 1 is 1.27 bits per heavy atom. The second-order valence-corrected chi connectivity index (χ2v) is 4.52. The van der Waals surface area contributed by atoms with Gasteiger partial charge in [0.2, 0.25) is 5.91 Å². The molecule has 0 fully saturated rings. The van der Waals surface area contributed by atoms with Crippen LogP contribution in [0.3, 0.4) is 0 Å². The number of nitrogens with two attached hydrogens (primary N) is 1. The first-order valence-electron chi connectivity index (χ1n) is 5.45. The van der Waals surface area contributed by atoms with Crippen LogP contribution >= 0.6 is 0 Å². The fourth-order valence-corrected chi connectivity index (χ4v) is 0.884. The van der Waals surface area contributed by atoms with Crippen LogP contribution in [0.15, 0.2) is 4.99 Å². The fraction of sp³-hybridized carbons (Fsp3) is 0.818. The van der Waals surface area contributed by atoms with Crippen LogP contribution in [-0.4, -0.2) is 24.3 Å². The molecule has 0 aromatic carbocycles. The van der Waals surface area contributed by atoms with E-state index in [1.54, 1.807) is 6.92 Å². The molecule has 0 radical (unpaired) electrons. The van der Waals surface area contributed by atoms with Gasteiger partial charge >= 0.3 is 0 Å². The summed E-state index contributed by atoms with van der Waals surface area (Å²) in [6, 6.07) is -0.397. The SMILES string of the molecule is CC(C)CNC(=O)C(C)N=C(N)C(C)C. The summed E-state index contributed by atoms with van der Waals surface area (Å²) in [6.45, 7) is 10.5. The lowest BCUT2D eigenvalue weighted by molar-refractivity contribution is -0.122. The minimum absolute atomic E-state index is 0.0627. The molecule has 0 spiro atoms. The molecule has 1 unspecified atom stereocenters. The van der Waals surface area contributed by atoms with E-state index in [1.807, 2.05) is 13.8 Å². The molecule has 0 aliphatic carbocycles. The molecule has 0 saturated carbocycles. The van der Waals surface area contributed by atoms with Crippen molar-refractivity contribution < 1.29 is 4.79 Å². The van der Waals surface area contributed by atoms with Crippen LogP contribution in [0.5, 0.6) is 0 Å². The number of nitrogens with zero attached hydrogens (tertiary/aromatic N) is 1. The van der Waals surface area contributed by atoms with Crippen LogP contribution in [0.25, 0.3) is 0 Å². The second kappa shape index (κ2) is 6.43. The number of amides is 1. The summed E-state index contributed by atoms with van der Waals surface area (Å²) >= 11 is 0. The van der Waals surface area contributed by atoms with Crippen molar-refractivity contribution in [1.29, 1.82) is 0 Å². The quantitative estimate of drug-likeness (QED) is 0.531. The normalized spacial score (nSPS) is 14.5. The summed E-state index contributed by atoms with van der Waals surface area (Å²) < 4.78 is 0. The first kappa shape index (κ1) is 13.9. The van der Waals surface area contributed by atoms with Gasteiger partial charge in [-0.15, -0.1) is 0 Å². The molecule has 0 aromatic heterocycles. The van der Waals surface area contributed by atoms with Crippen LogP contribution in [0.4, 0.5) is 0 Å². The molecule has 0 bridgehead atoms. The van der Waals surface area contributed by atoms with Crippen molar-refractivity contribution in [3.8, 4) is 0 Å². The number of carbonyl (C=O) groups is 1. The maximum absolute atomic E-state index is 11.5. The summed E-state index contributed by atoms with van der Waals surface area (Å²) in [6.07, 6.45) is 0. The standard InChI is InChI=1S/C11H23N3O/c1-7(2)6-13-11(15)9(5)14-10(12)8(3)4/h7-9H,6H2,1-5H3,(H2,12,14)(H,13,15). The highest BCUT2D eigenvalue weighted by atomic mass is 16.2. The average molecular weight is 213 g/mol. The van der Waals surface area contributed by atoms with Crippen molar-refractivity contribution in [2.24, 2.45) is 22.6 Å². The molecule has 0 rings (SSSR count). The van der Waals surface area contributed by atoms with E-state index >= 15 is 0 Å². The monoisotopic (exact) mass is 213 g/mol. The van der Waals surface area contributed by atoms with Gasteiger partial charge in [-0.25, -0.2) is 0 Å². The van der Waals surface area contributed by atoms with Crippen LogP contribution in [0.2, 0.25) is 0 Å². The Morgan fingerprint density at radius 2 is 1.80 bits per heavy atom. The number of aliphatic imine (C=N–C) groups is 1. The van der Waals surface area contributed by atoms with Crippen LogP contribution in [0, 0.1) is 11.8 Å². The maximum atomic E-state index is 11.5. The second-order valence-electron chi connectivity index (χ2n) is 4.52. The smallest absolute Gasteiger partial charge is 0.244 e. The molecule has 0 aliphatic rings. The Labute approximate surface area is 92.3 Å². The van der Waals surface area contributed by atoms with Crippen molar-refractivity contribution >= 4 is 11.7 Å². The number of carbonyl (C=O) groups excluding carboxylic acids is 1. The molecular weight excluding hydrogens is 190 g/mol. The van der Waals surface area contributed by atoms with E-state index in [-0.39, 0.29) is 11.8 Å². The zero-order chi connectivity index (χ0) is 12.0. The van der Waals surface area contributed by atoms with Crippen molar-refractivity contribution in [2.75, 3.05) is 6.54 Å². The molecule has 4 nitrogen and oxygen atoms in total. The number of hydrogen-bond acceptors (Lipinski definition) is 2. The van der Waals surface area contributed by atoms with Crippen molar-refractivity contribution in [2.45, 2.75) is 40.7 Å². The van der Waals surface area contributed by atoms with E-state index in [1.165, 1.54) is 0 Å². The summed E-state index contributed by atoms with van der Waals surface area (Å²) in [7, 11) is 0. The number of amidine groups is 1. The Kier molecular flexibility index (Phi) is 5.97. The molecule has 0 aliphatic heterocycles. The third-order valence-electron chi connectivity index (χ3n) is 2.00. The van der Waals surface area contributed by atoms with Gasteiger partial charge in [0.15, 0.2) is 0 Å². The van der Waals surface area contributed by atoms with Gasteiger partial charge in [0.05, 0.1) is 5.84 Å². The van der Waals surface area contributed by atoms with E-state index in [2.05, 4.69) is 24.2 Å². The van der Waals surface area contributed by atoms with Gasteiger partial charge in [-0.2, -0.15) is 0 Å². The van der Waals surface area contributed by atoms with Crippen LogP contribution < -0.4 is 11.1 Å².